The Morgan fingerprint density at radius 3 is 2.40 bits per heavy atom. The van der Waals surface area contributed by atoms with Crippen molar-refractivity contribution in [3.8, 4) is 0 Å². The Bertz CT molecular complexity index is 242. The van der Waals surface area contributed by atoms with Crippen molar-refractivity contribution < 1.29 is 0 Å². The molecule has 0 saturated heterocycles. The molecule has 0 aromatic heterocycles. The SMILES string of the molecule is CCCNC1CCC(CC)CC1N(C)CCCN(C)C. The third kappa shape index (κ3) is 6.11. The highest BCUT2D eigenvalue weighted by Gasteiger charge is 2.31. The molecule has 0 amide bonds. The molecule has 1 saturated carbocycles. The lowest BCUT2D eigenvalue weighted by molar-refractivity contribution is 0.114. The van der Waals surface area contributed by atoms with Crippen LogP contribution in [0.1, 0.15) is 52.4 Å². The van der Waals surface area contributed by atoms with Crippen molar-refractivity contribution in [2.24, 2.45) is 5.92 Å². The Hall–Kier alpha value is -0.120. The second-order valence-electron chi connectivity index (χ2n) is 6.85. The molecule has 0 radical (unpaired) electrons. The third-order valence-corrected chi connectivity index (χ3v) is 4.84. The van der Waals surface area contributed by atoms with Crippen LogP contribution < -0.4 is 5.32 Å². The molecule has 3 unspecified atom stereocenters. The van der Waals surface area contributed by atoms with Gasteiger partial charge in [-0.25, -0.2) is 0 Å². The Labute approximate surface area is 127 Å². The van der Waals surface area contributed by atoms with Gasteiger partial charge in [0.25, 0.3) is 0 Å². The van der Waals surface area contributed by atoms with Gasteiger partial charge in [0, 0.05) is 12.1 Å². The maximum Gasteiger partial charge on any atom is 0.0248 e. The van der Waals surface area contributed by atoms with Gasteiger partial charge in [-0.3, -0.25) is 0 Å². The first-order chi connectivity index (χ1) is 9.58. The van der Waals surface area contributed by atoms with E-state index >= 15 is 0 Å². The van der Waals surface area contributed by atoms with E-state index in [1.807, 2.05) is 0 Å². The molecular weight excluding hydrogens is 246 g/mol. The second-order valence-corrected chi connectivity index (χ2v) is 6.85. The standard InChI is InChI=1S/C17H37N3/c1-6-11-18-16-10-9-15(7-2)14-17(16)20(5)13-8-12-19(3)4/h15-18H,6-14H2,1-5H3. The lowest BCUT2D eigenvalue weighted by atomic mass is 9.80. The summed E-state index contributed by atoms with van der Waals surface area (Å²) in [5, 5.41) is 3.79. The van der Waals surface area contributed by atoms with Crippen molar-refractivity contribution in [1.82, 2.24) is 15.1 Å². The van der Waals surface area contributed by atoms with Crippen LogP contribution in [0.2, 0.25) is 0 Å². The Morgan fingerprint density at radius 2 is 1.80 bits per heavy atom. The molecule has 20 heavy (non-hydrogen) atoms. The number of hydrogen-bond acceptors (Lipinski definition) is 3. The molecule has 1 N–H and O–H groups in total. The average Bonchev–Trinajstić information content (AvgIpc) is 2.44. The average molecular weight is 284 g/mol. The molecule has 0 spiro atoms. The number of nitrogens with one attached hydrogen (secondary N) is 1. The van der Waals surface area contributed by atoms with Crippen LogP contribution >= 0.6 is 0 Å². The first kappa shape index (κ1) is 17.9. The molecule has 3 heteroatoms. The fourth-order valence-electron chi connectivity index (χ4n) is 3.46. The van der Waals surface area contributed by atoms with Gasteiger partial charge in [-0.15, -0.1) is 0 Å². The van der Waals surface area contributed by atoms with E-state index in [0.717, 1.165) is 12.0 Å². The van der Waals surface area contributed by atoms with E-state index in [-0.39, 0.29) is 0 Å². The quantitative estimate of drug-likeness (QED) is 0.702. The minimum absolute atomic E-state index is 0.710. The molecule has 120 valence electrons. The van der Waals surface area contributed by atoms with Crippen LogP contribution in [0.4, 0.5) is 0 Å². The van der Waals surface area contributed by atoms with E-state index in [1.54, 1.807) is 0 Å². The predicted octanol–water partition coefficient (Wildman–Crippen LogP) is 2.82. The minimum atomic E-state index is 0.710. The fourth-order valence-corrected chi connectivity index (χ4v) is 3.46. The van der Waals surface area contributed by atoms with Crippen molar-refractivity contribution in [2.75, 3.05) is 40.8 Å². The molecular formula is C17H37N3. The summed E-state index contributed by atoms with van der Waals surface area (Å²) in [6.45, 7) is 8.21. The van der Waals surface area contributed by atoms with Gasteiger partial charge in [0.1, 0.15) is 0 Å². The number of hydrogen-bond donors (Lipinski definition) is 1. The van der Waals surface area contributed by atoms with Crippen molar-refractivity contribution in [3.63, 3.8) is 0 Å². The van der Waals surface area contributed by atoms with Crippen molar-refractivity contribution in [3.05, 3.63) is 0 Å². The summed E-state index contributed by atoms with van der Waals surface area (Å²) in [6.07, 6.45) is 8.03. The lowest BCUT2D eigenvalue weighted by Crippen LogP contribution is -2.52. The van der Waals surface area contributed by atoms with Crippen molar-refractivity contribution in [1.29, 1.82) is 0 Å². The summed E-state index contributed by atoms with van der Waals surface area (Å²) in [5.41, 5.74) is 0. The van der Waals surface area contributed by atoms with Crippen LogP contribution in [0.3, 0.4) is 0 Å². The highest BCUT2D eigenvalue weighted by atomic mass is 15.2. The molecule has 0 aromatic carbocycles. The van der Waals surface area contributed by atoms with E-state index in [2.05, 4.69) is 50.1 Å². The highest BCUT2D eigenvalue weighted by Crippen LogP contribution is 2.29. The van der Waals surface area contributed by atoms with Gasteiger partial charge in [-0.2, -0.15) is 0 Å². The van der Waals surface area contributed by atoms with Crippen LogP contribution in [-0.4, -0.2) is 62.7 Å². The summed E-state index contributed by atoms with van der Waals surface area (Å²) < 4.78 is 0. The van der Waals surface area contributed by atoms with Gasteiger partial charge in [0.05, 0.1) is 0 Å². The molecule has 0 heterocycles. The summed E-state index contributed by atoms with van der Waals surface area (Å²) >= 11 is 0. The first-order valence-corrected chi connectivity index (χ1v) is 8.66. The summed E-state index contributed by atoms with van der Waals surface area (Å²) in [6, 6.07) is 1.45. The first-order valence-electron chi connectivity index (χ1n) is 8.66. The molecule has 1 rings (SSSR count). The van der Waals surface area contributed by atoms with Gasteiger partial charge in [0.15, 0.2) is 0 Å². The van der Waals surface area contributed by atoms with Gasteiger partial charge in [0.2, 0.25) is 0 Å². The Kier molecular flexibility index (Phi) is 8.74. The molecule has 0 aromatic rings. The molecule has 1 aliphatic rings. The van der Waals surface area contributed by atoms with Crippen LogP contribution in [0.5, 0.6) is 0 Å². The van der Waals surface area contributed by atoms with E-state index in [4.69, 9.17) is 0 Å². The number of rotatable bonds is 9. The predicted molar refractivity (Wildman–Crippen MR) is 89.3 cm³/mol. The molecule has 1 fully saturated rings. The van der Waals surface area contributed by atoms with Crippen molar-refractivity contribution >= 4 is 0 Å². The highest BCUT2D eigenvalue weighted by molar-refractivity contribution is 4.90. The maximum absolute atomic E-state index is 3.79. The smallest absolute Gasteiger partial charge is 0.0248 e. The zero-order valence-corrected chi connectivity index (χ0v) is 14.5. The topological polar surface area (TPSA) is 18.5 Å². The molecule has 0 bridgehead atoms. The zero-order valence-electron chi connectivity index (χ0n) is 14.5. The molecule has 1 aliphatic carbocycles. The summed E-state index contributed by atoms with van der Waals surface area (Å²) in [4.78, 5) is 4.91. The second kappa shape index (κ2) is 9.75. The van der Waals surface area contributed by atoms with Crippen LogP contribution in [0.25, 0.3) is 0 Å². The third-order valence-electron chi connectivity index (χ3n) is 4.84. The van der Waals surface area contributed by atoms with Gasteiger partial charge in [-0.05, 0) is 78.8 Å². The number of nitrogens with zero attached hydrogens (tertiary/aromatic N) is 2. The van der Waals surface area contributed by atoms with E-state index in [9.17, 15) is 0 Å². The largest absolute Gasteiger partial charge is 0.312 e. The fraction of sp³-hybridized carbons (Fsp3) is 1.00. The van der Waals surface area contributed by atoms with Crippen LogP contribution in [0.15, 0.2) is 0 Å². The maximum atomic E-state index is 3.79. The van der Waals surface area contributed by atoms with Gasteiger partial charge in [-0.1, -0.05) is 20.3 Å². The minimum Gasteiger partial charge on any atom is -0.312 e. The van der Waals surface area contributed by atoms with Crippen LogP contribution in [-0.2, 0) is 0 Å². The Morgan fingerprint density at radius 1 is 1.05 bits per heavy atom. The summed E-state index contributed by atoms with van der Waals surface area (Å²) in [7, 11) is 6.66. The van der Waals surface area contributed by atoms with E-state index in [0.29, 0.717) is 6.04 Å². The lowest BCUT2D eigenvalue weighted by Gasteiger charge is -2.42. The summed E-state index contributed by atoms with van der Waals surface area (Å²) in [5.74, 6) is 0.941. The van der Waals surface area contributed by atoms with E-state index in [1.165, 1.54) is 58.2 Å². The van der Waals surface area contributed by atoms with E-state index < -0.39 is 0 Å². The monoisotopic (exact) mass is 283 g/mol. The normalized spacial score (nSPS) is 27.4. The van der Waals surface area contributed by atoms with Gasteiger partial charge >= 0.3 is 0 Å². The van der Waals surface area contributed by atoms with Crippen molar-refractivity contribution in [2.45, 2.75) is 64.5 Å². The molecule has 0 aliphatic heterocycles. The molecule has 3 atom stereocenters. The molecule has 3 nitrogen and oxygen atoms in total. The van der Waals surface area contributed by atoms with Gasteiger partial charge < -0.3 is 15.1 Å². The Balaban J connectivity index is 2.48. The van der Waals surface area contributed by atoms with Crippen LogP contribution in [0, 0.1) is 5.92 Å². The number of likely N-dealkylation sites (N-methyl/N-ethyl adjacent to an activating group) is 1. The zero-order chi connectivity index (χ0) is 15.0.